The number of hydrogen-bond acceptors (Lipinski definition) is 1. The fraction of sp³-hybridized carbons (Fsp3) is 0.300. The molecule has 0 bridgehead atoms. The molecular formula is C20H18F6N2. The third-order valence-electron chi connectivity index (χ3n) is 4.59. The van der Waals surface area contributed by atoms with Crippen LogP contribution in [0.2, 0.25) is 0 Å². The van der Waals surface area contributed by atoms with Gasteiger partial charge >= 0.3 is 12.4 Å². The van der Waals surface area contributed by atoms with Gasteiger partial charge in [-0.2, -0.15) is 26.3 Å². The van der Waals surface area contributed by atoms with Gasteiger partial charge in [-0.3, -0.25) is 0 Å². The minimum Gasteiger partial charge on any atom is -0.354 e. The molecule has 0 saturated heterocycles. The van der Waals surface area contributed by atoms with Crippen LogP contribution < -0.4 is 5.73 Å². The van der Waals surface area contributed by atoms with Crippen molar-refractivity contribution in [3.63, 3.8) is 0 Å². The van der Waals surface area contributed by atoms with E-state index in [1.54, 1.807) is 0 Å². The Hall–Kier alpha value is -2.48. The van der Waals surface area contributed by atoms with Crippen LogP contribution in [0.15, 0.2) is 42.5 Å². The predicted molar refractivity (Wildman–Crippen MR) is 95.7 cm³/mol. The van der Waals surface area contributed by atoms with Crippen molar-refractivity contribution in [1.82, 2.24) is 4.98 Å². The Labute approximate surface area is 157 Å². The average Bonchev–Trinajstić information content (AvgIpc) is 2.99. The molecule has 2 aromatic carbocycles. The van der Waals surface area contributed by atoms with E-state index in [4.69, 9.17) is 5.73 Å². The van der Waals surface area contributed by atoms with E-state index in [0.717, 1.165) is 24.3 Å². The van der Waals surface area contributed by atoms with Gasteiger partial charge < -0.3 is 10.7 Å². The summed E-state index contributed by atoms with van der Waals surface area (Å²) >= 11 is 0. The normalized spacial score (nSPS) is 12.7. The lowest BCUT2D eigenvalue weighted by molar-refractivity contribution is -0.138. The number of aromatic amines is 1. The van der Waals surface area contributed by atoms with Crippen LogP contribution in [0.4, 0.5) is 26.3 Å². The molecule has 0 fully saturated rings. The van der Waals surface area contributed by atoms with Crippen molar-refractivity contribution in [2.24, 2.45) is 5.73 Å². The molecule has 2 nitrogen and oxygen atoms in total. The van der Waals surface area contributed by atoms with E-state index in [9.17, 15) is 26.3 Å². The molecule has 0 atom stereocenters. The number of unbranched alkanes of at least 4 members (excludes halogenated alkanes) is 1. The fourth-order valence-corrected chi connectivity index (χ4v) is 3.23. The standard InChI is InChI=1S/C20H18F6N2/c21-19(22,23)13-5-3-4-12(10-13)18-15(6-1-2-9-27)16-11-14(20(24,25)26)7-8-17(16)28-18/h3-5,7-8,10-11,28H,1-2,6,9,27H2. The van der Waals surface area contributed by atoms with Gasteiger partial charge in [0.25, 0.3) is 0 Å². The number of halogens is 6. The minimum absolute atomic E-state index is 0.280. The number of benzene rings is 2. The van der Waals surface area contributed by atoms with E-state index in [0.29, 0.717) is 48.0 Å². The van der Waals surface area contributed by atoms with E-state index in [1.165, 1.54) is 18.2 Å². The second-order valence-corrected chi connectivity index (χ2v) is 6.56. The first kappa shape index (κ1) is 20.3. The Balaban J connectivity index is 2.17. The third kappa shape index (κ3) is 4.16. The third-order valence-corrected chi connectivity index (χ3v) is 4.59. The largest absolute Gasteiger partial charge is 0.416 e. The predicted octanol–water partition coefficient (Wildman–Crippen LogP) is 6.15. The molecule has 0 spiro atoms. The van der Waals surface area contributed by atoms with Crippen molar-refractivity contribution in [2.75, 3.05) is 6.54 Å². The zero-order valence-corrected chi connectivity index (χ0v) is 14.7. The number of aromatic nitrogens is 1. The molecule has 3 rings (SSSR count). The Morgan fingerprint density at radius 3 is 2.14 bits per heavy atom. The Kier molecular flexibility index (Phi) is 5.43. The molecule has 150 valence electrons. The molecule has 0 aliphatic rings. The summed E-state index contributed by atoms with van der Waals surface area (Å²) in [6.07, 6.45) is -7.33. The van der Waals surface area contributed by atoms with Crippen LogP contribution in [-0.4, -0.2) is 11.5 Å². The van der Waals surface area contributed by atoms with E-state index in [-0.39, 0.29) is 5.56 Å². The quantitative estimate of drug-likeness (QED) is 0.391. The molecule has 0 aliphatic heterocycles. The molecule has 1 aromatic heterocycles. The smallest absolute Gasteiger partial charge is 0.354 e. The molecule has 28 heavy (non-hydrogen) atoms. The molecule has 0 aliphatic carbocycles. The van der Waals surface area contributed by atoms with Crippen molar-refractivity contribution >= 4 is 10.9 Å². The molecular weight excluding hydrogens is 382 g/mol. The van der Waals surface area contributed by atoms with Crippen LogP contribution in [0.3, 0.4) is 0 Å². The maximum absolute atomic E-state index is 13.1. The van der Waals surface area contributed by atoms with Crippen molar-refractivity contribution in [1.29, 1.82) is 0 Å². The van der Waals surface area contributed by atoms with Gasteiger partial charge in [-0.05, 0) is 67.3 Å². The molecule has 3 N–H and O–H groups in total. The minimum atomic E-state index is -4.51. The summed E-state index contributed by atoms with van der Waals surface area (Å²) in [6, 6.07) is 8.07. The molecule has 0 radical (unpaired) electrons. The first-order valence-corrected chi connectivity index (χ1v) is 8.71. The fourth-order valence-electron chi connectivity index (χ4n) is 3.23. The lowest BCUT2D eigenvalue weighted by Gasteiger charge is -2.10. The van der Waals surface area contributed by atoms with Gasteiger partial charge in [0, 0.05) is 16.6 Å². The number of hydrogen-bond donors (Lipinski definition) is 2. The van der Waals surface area contributed by atoms with E-state index in [2.05, 4.69) is 4.98 Å². The van der Waals surface area contributed by atoms with Gasteiger partial charge in [-0.15, -0.1) is 0 Å². The van der Waals surface area contributed by atoms with Crippen LogP contribution in [0.25, 0.3) is 22.2 Å². The molecule has 3 aromatic rings. The second kappa shape index (κ2) is 7.50. The highest BCUT2D eigenvalue weighted by Crippen LogP contribution is 2.38. The highest BCUT2D eigenvalue weighted by molar-refractivity contribution is 5.91. The summed E-state index contributed by atoms with van der Waals surface area (Å²) in [6.45, 7) is 0.426. The summed E-state index contributed by atoms with van der Waals surface area (Å²) in [7, 11) is 0. The summed E-state index contributed by atoms with van der Waals surface area (Å²) < 4.78 is 78.6. The Morgan fingerprint density at radius 1 is 0.821 bits per heavy atom. The van der Waals surface area contributed by atoms with Gasteiger partial charge in [0.2, 0.25) is 0 Å². The van der Waals surface area contributed by atoms with E-state index in [1.807, 2.05) is 0 Å². The zero-order valence-electron chi connectivity index (χ0n) is 14.7. The van der Waals surface area contributed by atoms with Gasteiger partial charge in [-0.25, -0.2) is 0 Å². The molecule has 1 heterocycles. The number of aryl methyl sites for hydroxylation is 1. The molecule has 0 amide bonds. The zero-order chi connectivity index (χ0) is 20.5. The Bertz CT molecular complexity index is 969. The summed E-state index contributed by atoms with van der Waals surface area (Å²) in [5.74, 6) is 0. The van der Waals surface area contributed by atoms with Crippen LogP contribution in [0, 0.1) is 0 Å². The van der Waals surface area contributed by atoms with Crippen LogP contribution in [-0.2, 0) is 18.8 Å². The lowest BCUT2D eigenvalue weighted by Crippen LogP contribution is -2.05. The van der Waals surface area contributed by atoms with Crippen molar-refractivity contribution in [3.8, 4) is 11.3 Å². The van der Waals surface area contributed by atoms with Crippen LogP contribution >= 0.6 is 0 Å². The van der Waals surface area contributed by atoms with Gasteiger partial charge in [0.1, 0.15) is 0 Å². The second-order valence-electron chi connectivity index (χ2n) is 6.56. The molecule has 0 saturated carbocycles. The van der Waals surface area contributed by atoms with E-state index < -0.39 is 23.5 Å². The number of nitrogens with two attached hydrogens (primary N) is 1. The van der Waals surface area contributed by atoms with Crippen molar-refractivity contribution in [3.05, 3.63) is 59.2 Å². The van der Waals surface area contributed by atoms with Gasteiger partial charge in [0.05, 0.1) is 11.1 Å². The lowest BCUT2D eigenvalue weighted by atomic mass is 9.98. The molecule has 8 heteroatoms. The number of H-pyrrole nitrogens is 1. The van der Waals surface area contributed by atoms with Gasteiger partial charge in [0.15, 0.2) is 0 Å². The number of fused-ring (bicyclic) bond motifs is 1. The van der Waals surface area contributed by atoms with Crippen LogP contribution in [0.5, 0.6) is 0 Å². The first-order chi connectivity index (χ1) is 13.1. The summed E-state index contributed by atoms with van der Waals surface area (Å²) in [5.41, 5.74) is 5.58. The monoisotopic (exact) mass is 400 g/mol. The van der Waals surface area contributed by atoms with Crippen LogP contribution in [0.1, 0.15) is 29.5 Å². The highest BCUT2D eigenvalue weighted by Gasteiger charge is 2.32. The summed E-state index contributed by atoms with van der Waals surface area (Å²) in [5, 5.41) is 0.360. The Morgan fingerprint density at radius 2 is 1.50 bits per heavy atom. The number of nitrogens with one attached hydrogen (secondary N) is 1. The SMILES string of the molecule is NCCCCc1c(-c2cccc(C(F)(F)F)c2)[nH]c2ccc(C(F)(F)F)cc12. The van der Waals surface area contributed by atoms with Gasteiger partial charge in [-0.1, -0.05) is 12.1 Å². The highest BCUT2D eigenvalue weighted by atomic mass is 19.4. The summed E-state index contributed by atoms with van der Waals surface area (Å²) in [4.78, 5) is 3.00. The number of rotatable bonds is 5. The topological polar surface area (TPSA) is 41.8 Å². The maximum Gasteiger partial charge on any atom is 0.416 e. The first-order valence-electron chi connectivity index (χ1n) is 8.71. The van der Waals surface area contributed by atoms with E-state index >= 15 is 0 Å². The maximum atomic E-state index is 13.1. The van der Waals surface area contributed by atoms with Crippen molar-refractivity contribution < 1.29 is 26.3 Å². The molecule has 0 unspecified atom stereocenters. The van der Waals surface area contributed by atoms with Crippen molar-refractivity contribution in [2.45, 2.75) is 31.6 Å². The average molecular weight is 400 g/mol. The number of alkyl halides is 6.